The van der Waals surface area contributed by atoms with Gasteiger partial charge in [-0.05, 0) is 44.2 Å². The SMILES string of the molecule is Cn1cc(CCN2CCCC3(CCCN(CCc4cn(C)nn4)C3)C2)nn1. The summed E-state index contributed by atoms with van der Waals surface area (Å²) in [5.74, 6) is 0. The molecule has 2 aliphatic heterocycles. The van der Waals surface area contributed by atoms with Gasteiger partial charge in [-0.25, -0.2) is 0 Å². The van der Waals surface area contributed by atoms with Crippen LogP contribution in [-0.4, -0.2) is 79.1 Å². The second-order valence-electron chi connectivity index (χ2n) is 8.53. The molecule has 148 valence electrons. The summed E-state index contributed by atoms with van der Waals surface area (Å²) in [6, 6.07) is 0. The minimum absolute atomic E-state index is 0.473. The van der Waals surface area contributed by atoms with E-state index >= 15 is 0 Å². The second kappa shape index (κ2) is 8.06. The number of hydrogen-bond donors (Lipinski definition) is 0. The molecule has 4 rings (SSSR count). The number of likely N-dealkylation sites (tertiary alicyclic amines) is 2. The average Bonchev–Trinajstić information content (AvgIpc) is 3.26. The summed E-state index contributed by atoms with van der Waals surface area (Å²) in [6.45, 7) is 7.10. The van der Waals surface area contributed by atoms with Gasteiger partial charge in [-0.15, -0.1) is 10.2 Å². The lowest BCUT2D eigenvalue weighted by molar-refractivity contribution is 0.0143. The molecule has 2 aromatic rings. The molecule has 0 atom stereocenters. The van der Waals surface area contributed by atoms with Gasteiger partial charge in [0, 0.05) is 65.5 Å². The van der Waals surface area contributed by atoms with Gasteiger partial charge >= 0.3 is 0 Å². The van der Waals surface area contributed by atoms with Gasteiger partial charge in [-0.2, -0.15) is 0 Å². The van der Waals surface area contributed by atoms with E-state index in [9.17, 15) is 0 Å². The minimum Gasteiger partial charge on any atom is -0.302 e. The second-order valence-corrected chi connectivity index (χ2v) is 8.53. The third kappa shape index (κ3) is 4.73. The fourth-order valence-electron chi connectivity index (χ4n) is 4.90. The molecule has 27 heavy (non-hydrogen) atoms. The van der Waals surface area contributed by atoms with Gasteiger partial charge in [0.2, 0.25) is 0 Å². The molecule has 4 heterocycles. The lowest BCUT2D eigenvalue weighted by Crippen LogP contribution is -2.52. The predicted molar refractivity (Wildman–Crippen MR) is 103 cm³/mol. The summed E-state index contributed by atoms with van der Waals surface area (Å²) in [5.41, 5.74) is 2.68. The maximum Gasteiger partial charge on any atom is 0.0839 e. The molecule has 0 aliphatic carbocycles. The van der Waals surface area contributed by atoms with Crippen LogP contribution < -0.4 is 0 Å². The van der Waals surface area contributed by atoms with Crippen molar-refractivity contribution in [1.82, 2.24) is 39.8 Å². The van der Waals surface area contributed by atoms with E-state index in [1.54, 1.807) is 9.36 Å². The summed E-state index contributed by atoms with van der Waals surface area (Å²) in [6.07, 6.45) is 11.5. The van der Waals surface area contributed by atoms with Gasteiger partial charge in [-0.3, -0.25) is 9.36 Å². The molecular formula is C19H32N8. The Bertz CT molecular complexity index is 673. The largest absolute Gasteiger partial charge is 0.302 e. The summed E-state index contributed by atoms with van der Waals surface area (Å²) in [5, 5.41) is 16.6. The maximum absolute atomic E-state index is 4.24. The van der Waals surface area contributed by atoms with E-state index < -0.39 is 0 Å². The highest BCUT2D eigenvalue weighted by Gasteiger charge is 2.38. The Morgan fingerprint density at radius 1 is 0.815 bits per heavy atom. The van der Waals surface area contributed by atoms with Crippen molar-refractivity contribution in [2.45, 2.75) is 38.5 Å². The van der Waals surface area contributed by atoms with E-state index in [0.29, 0.717) is 5.41 Å². The molecule has 1 spiro atoms. The molecule has 2 saturated heterocycles. The summed E-state index contributed by atoms with van der Waals surface area (Å²) in [7, 11) is 3.87. The van der Waals surface area contributed by atoms with Gasteiger partial charge in [0.1, 0.15) is 0 Å². The van der Waals surface area contributed by atoms with Crippen LogP contribution in [-0.2, 0) is 26.9 Å². The van der Waals surface area contributed by atoms with E-state index in [1.807, 2.05) is 26.5 Å². The summed E-state index contributed by atoms with van der Waals surface area (Å²) < 4.78 is 3.59. The van der Waals surface area contributed by atoms with Crippen LogP contribution in [0.1, 0.15) is 37.1 Å². The van der Waals surface area contributed by atoms with Crippen molar-refractivity contribution in [2.24, 2.45) is 19.5 Å². The molecule has 0 radical (unpaired) electrons. The number of hydrogen-bond acceptors (Lipinski definition) is 6. The number of rotatable bonds is 6. The average molecular weight is 373 g/mol. The van der Waals surface area contributed by atoms with Gasteiger partial charge < -0.3 is 9.80 Å². The number of piperidine rings is 2. The molecule has 0 amide bonds. The molecule has 0 saturated carbocycles. The van der Waals surface area contributed by atoms with Crippen LogP contribution in [0.5, 0.6) is 0 Å². The molecule has 8 nitrogen and oxygen atoms in total. The normalized spacial score (nSPS) is 21.1. The summed E-state index contributed by atoms with van der Waals surface area (Å²) >= 11 is 0. The number of nitrogens with zero attached hydrogens (tertiary/aromatic N) is 8. The fourth-order valence-corrected chi connectivity index (χ4v) is 4.90. The van der Waals surface area contributed by atoms with Crippen molar-refractivity contribution in [3.8, 4) is 0 Å². The highest BCUT2D eigenvalue weighted by molar-refractivity contribution is 4.97. The Hall–Kier alpha value is -1.80. The first kappa shape index (κ1) is 18.6. The smallest absolute Gasteiger partial charge is 0.0839 e. The Labute approximate surface area is 161 Å². The first-order valence-electron chi connectivity index (χ1n) is 10.3. The first-order chi connectivity index (χ1) is 13.1. The zero-order valence-corrected chi connectivity index (χ0v) is 16.7. The monoisotopic (exact) mass is 372 g/mol. The van der Waals surface area contributed by atoms with Crippen molar-refractivity contribution in [3.63, 3.8) is 0 Å². The number of aryl methyl sites for hydroxylation is 2. The third-order valence-corrected chi connectivity index (χ3v) is 6.15. The van der Waals surface area contributed by atoms with Gasteiger partial charge in [0.15, 0.2) is 0 Å². The van der Waals surface area contributed by atoms with Gasteiger partial charge in [-0.1, -0.05) is 10.4 Å². The molecular weight excluding hydrogens is 340 g/mol. The van der Waals surface area contributed by atoms with Crippen LogP contribution in [0.2, 0.25) is 0 Å². The summed E-state index contributed by atoms with van der Waals surface area (Å²) in [4.78, 5) is 5.31. The highest BCUT2D eigenvalue weighted by Crippen LogP contribution is 2.38. The van der Waals surface area contributed by atoms with Crippen molar-refractivity contribution in [2.75, 3.05) is 39.3 Å². The fraction of sp³-hybridized carbons (Fsp3) is 0.789. The van der Waals surface area contributed by atoms with Crippen LogP contribution in [0, 0.1) is 5.41 Å². The van der Waals surface area contributed by atoms with Crippen LogP contribution in [0.15, 0.2) is 12.4 Å². The van der Waals surface area contributed by atoms with Crippen molar-refractivity contribution in [1.29, 1.82) is 0 Å². The first-order valence-corrected chi connectivity index (χ1v) is 10.3. The molecule has 8 heteroatoms. The van der Waals surface area contributed by atoms with E-state index in [2.05, 4.69) is 30.4 Å². The standard InChI is InChI=1S/C19H32N8/c1-24-13-17(20-22-24)5-11-26-9-3-7-19(15-26)8-4-10-27(16-19)12-6-18-14-25(2)23-21-18/h13-14H,3-12,15-16H2,1-2H3. The van der Waals surface area contributed by atoms with Crippen LogP contribution >= 0.6 is 0 Å². The third-order valence-electron chi connectivity index (χ3n) is 6.15. The van der Waals surface area contributed by atoms with Crippen molar-refractivity contribution in [3.05, 3.63) is 23.8 Å². The molecule has 2 aliphatic rings. The van der Waals surface area contributed by atoms with Crippen LogP contribution in [0.25, 0.3) is 0 Å². The van der Waals surface area contributed by atoms with Crippen LogP contribution in [0.4, 0.5) is 0 Å². The molecule has 2 fully saturated rings. The maximum atomic E-state index is 4.24. The van der Waals surface area contributed by atoms with Crippen LogP contribution in [0.3, 0.4) is 0 Å². The lowest BCUT2D eigenvalue weighted by Gasteiger charge is -2.48. The minimum atomic E-state index is 0.473. The Morgan fingerprint density at radius 3 is 1.70 bits per heavy atom. The van der Waals surface area contributed by atoms with E-state index in [4.69, 9.17) is 0 Å². The molecule has 0 N–H and O–H groups in total. The molecule has 0 unspecified atom stereocenters. The zero-order valence-electron chi connectivity index (χ0n) is 16.7. The van der Waals surface area contributed by atoms with Gasteiger partial charge in [0.05, 0.1) is 11.4 Å². The molecule has 0 bridgehead atoms. The molecule has 2 aromatic heterocycles. The van der Waals surface area contributed by atoms with Crippen molar-refractivity contribution < 1.29 is 0 Å². The zero-order chi connectivity index (χ0) is 18.7. The highest BCUT2D eigenvalue weighted by atomic mass is 15.4. The molecule has 0 aromatic carbocycles. The predicted octanol–water partition coefficient (Wildman–Crippen LogP) is 0.907. The quantitative estimate of drug-likeness (QED) is 0.751. The Kier molecular flexibility index (Phi) is 5.54. The Balaban J connectivity index is 1.29. The topological polar surface area (TPSA) is 67.9 Å². The lowest BCUT2D eigenvalue weighted by atomic mass is 9.73. The van der Waals surface area contributed by atoms with E-state index in [1.165, 1.54) is 51.9 Å². The van der Waals surface area contributed by atoms with Crippen molar-refractivity contribution >= 4 is 0 Å². The number of aromatic nitrogens is 6. The Morgan fingerprint density at radius 2 is 1.30 bits per heavy atom. The van der Waals surface area contributed by atoms with E-state index in [0.717, 1.165) is 37.3 Å². The van der Waals surface area contributed by atoms with E-state index in [-0.39, 0.29) is 0 Å². The van der Waals surface area contributed by atoms with Gasteiger partial charge in [0.25, 0.3) is 0 Å².